The Labute approximate surface area is 100.0 Å². The number of carbonyl (C=O) groups excluding carboxylic acids is 2. The molecule has 5 nitrogen and oxygen atoms in total. The molecular formula is C10H9F3N2O3. The summed E-state index contributed by atoms with van der Waals surface area (Å²) in [6.07, 6.45) is -3.71. The van der Waals surface area contributed by atoms with Gasteiger partial charge in [0.05, 0.1) is 24.9 Å². The molecule has 0 aliphatic carbocycles. The fourth-order valence-corrected chi connectivity index (χ4v) is 1.09. The van der Waals surface area contributed by atoms with E-state index in [0.29, 0.717) is 0 Å². The minimum absolute atomic E-state index is 0.121. The van der Waals surface area contributed by atoms with E-state index in [2.05, 4.69) is 9.72 Å². The van der Waals surface area contributed by atoms with Crippen LogP contribution in [-0.4, -0.2) is 30.1 Å². The highest BCUT2D eigenvalue weighted by Gasteiger charge is 2.38. The van der Waals surface area contributed by atoms with E-state index in [1.807, 2.05) is 0 Å². The fourth-order valence-electron chi connectivity index (χ4n) is 1.09. The van der Waals surface area contributed by atoms with E-state index in [1.54, 1.807) is 5.32 Å². The Bertz CT molecular complexity index is 460. The van der Waals surface area contributed by atoms with Gasteiger partial charge in [-0.05, 0) is 12.1 Å². The van der Waals surface area contributed by atoms with E-state index in [4.69, 9.17) is 0 Å². The van der Waals surface area contributed by atoms with Crippen LogP contribution in [0.2, 0.25) is 0 Å². The van der Waals surface area contributed by atoms with Crippen LogP contribution in [0.5, 0.6) is 0 Å². The zero-order valence-corrected chi connectivity index (χ0v) is 9.25. The van der Waals surface area contributed by atoms with E-state index in [1.165, 1.54) is 25.4 Å². The minimum atomic E-state index is -4.94. The van der Waals surface area contributed by atoms with Crippen LogP contribution in [0.3, 0.4) is 0 Å². The van der Waals surface area contributed by atoms with Crippen molar-refractivity contribution < 1.29 is 27.5 Å². The first-order valence-electron chi connectivity index (χ1n) is 4.73. The molecular weight excluding hydrogens is 253 g/mol. The Morgan fingerprint density at radius 1 is 1.44 bits per heavy atom. The summed E-state index contributed by atoms with van der Waals surface area (Å²) in [6, 6.07) is 2.59. The Morgan fingerprint density at radius 3 is 2.67 bits per heavy atom. The minimum Gasteiger partial charge on any atom is -0.465 e. The molecule has 0 spiro atoms. The van der Waals surface area contributed by atoms with Crippen LogP contribution < -0.4 is 5.32 Å². The first-order valence-corrected chi connectivity index (χ1v) is 4.73. The molecule has 0 saturated heterocycles. The molecule has 0 radical (unpaired) electrons. The molecule has 0 unspecified atom stereocenters. The molecule has 0 bridgehead atoms. The molecule has 0 saturated carbocycles. The lowest BCUT2D eigenvalue weighted by molar-refractivity contribution is -0.173. The highest BCUT2D eigenvalue weighted by atomic mass is 19.4. The zero-order valence-electron chi connectivity index (χ0n) is 9.25. The van der Waals surface area contributed by atoms with E-state index in [-0.39, 0.29) is 11.3 Å². The van der Waals surface area contributed by atoms with Gasteiger partial charge in [0, 0.05) is 6.20 Å². The molecule has 1 heterocycles. The average Bonchev–Trinajstić information content (AvgIpc) is 2.34. The van der Waals surface area contributed by atoms with Crippen molar-refractivity contribution in [1.82, 2.24) is 10.3 Å². The monoisotopic (exact) mass is 262 g/mol. The van der Waals surface area contributed by atoms with Gasteiger partial charge in [0.15, 0.2) is 0 Å². The third-order valence-corrected chi connectivity index (χ3v) is 1.93. The van der Waals surface area contributed by atoms with Gasteiger partial charge >= 0.3 is 18.1 Å². The summed E-state index contributed by atoms with van der Waals surface area (Å²) in [5.41, 5.74) is 0.263. The molecule has 0 aromatic carbocycles. The van der Waals surface area contributed by atoms with Crippen molar-refractivity contribution in [3.8, 4) is 0 Å². The molecule has 98 valence electrons. The van der Waals surface area contributed by atoms with Crippen molar-refractivity contribution in [2.75, 3.05) is 7.11 Å². The summed E-state index contributed by atoms with van der Waals surface area (Å²) >= 11 is 0. The normalized spacial score (nSPS) is 10.9. The second-order valence-corrected chi connectivity index (χ2v) is 3.21. The number of carbonyl (C=O) groups is 2. The van der Waals surface area contributed by atoms with Crippen LogP contribution in [-0.2, 0) is 16.1 Å². The number of alkyl halides is 3. The van der Waals surface area contributed by atoms with Crippen molar-refractivity contribution in [2.24, 2.45) is 0 Å². The maximum Gasteiger partial charge on any atom is 0.471 e. The summed E-state index contributed by atoms with van der Waals surface area (Å²) in [5, 5.41) is 1.64. The number of hydrogen-bond donors (Lipinski definition) is 1. The van der Waals surface area contributed by atoms with Gasteiger partial charge in [-0.2, -0.15) is 13.2 Å². The molecule has 8 heteroatoms. The molecule has 1 N–H and O–H groups in total. The number of amides is 1. The fraction of sp³-hybridized carbons (Fsp3) is 0.300. The Morgan fingerprint density at radius 2 is 2.11 bits per heavy atom. The predicted molar refractivity (Wildman–Crippen MR) is 53.5 cm³/mol. The lowest BCUT2D eigenvalue weighted by Gasteiger charge is -2.07. The van der Waals surface area contributed by atoms with Crippen LogP contribution >= 0.6 is 0 Å². The Kier molecular flexibility index (Phi) is 4.24. The summed E-state index contributed by atoms with van der Waals surface area (Å²) in [6.45, 7) is -0.427. The van der Waals surface area contributed by atoms with Gasteiger partial charge in [0.2, 0.25) is 0 Å². The predicted octanol–water partition coefficient (Wildman–Crippen LogP) is 1.05. The SMILES string of the molecule is COC(=O)c1ccnc(CNC(=O)C(F)(F)F)c1. The Balaban J connectivity index is 2.69. The van der Waals surface area contributed by atoms with Gasteiger partial charge in [-0.1, -0.05) is 0 Å². The first-order chi connectivity index (χ1) is 8.34. The zero-order chi connectivity index (χ0) is 13.8. The molecule has 1 aromatic heterocycles. The summed E-state index contributed by atoms with van der Waals surface area (Å²) < 4.78 is 40.2. The topological polar surface area (TPSA) is 68.3 Å². The van der Waals surface area contributed by atoms with Crippen LogP contribution in [0.4, 0.5) is 13.2 Å². The third kappa shape index (κ3) is 3.72. The van der Waals surface area contributed by atoms with Crippen molar-refractivity contribution in [2.45, 2.75) is 12.7 Å². The smallest absolute Gasteiger partial charge is 0.465 e. The van der Waals surface area contributed by atoms with Crippen LogP contribution in [0, 0.1) is 0 Å². The molecule has 1 rings (SSSR count). The van der Waals surface area contributed by atoms with Crippen LogP contribution in [0.25, 0.3) is 0 Å². The van der Waals surface area contributed by atoms with E-state index >= 15 is 0 Å². The number of aromatic nitrogens is 1. The molecule has 0 atom stereocenters. The van der Waals surface area contributed by atoms with Crippen molar-refractivity contribution >= 4 is 11.9 Å². The number of hydrogen-bond acceptors (Lipinski definition) is 4. The first kappa shape index (κ1) is 13.9. The van der Waals surface area contributed by atoms with Gasteiger partial charge in [0.1, 0.15) is 0 Å². The standard InChI is InChI=1S/C10H9F3N2O3/c1-18-8(16)6-2-3-14-7(4-6)5-15-9(17)10(11,12)13/h2-4H,5H2,1H3,(H,15,17). The second-order valence-electron chi connectivity index (χ2n) is 3.21. The van der Waals surface area contributed by atoms with E-state index in [0.717, 1.165) is 0 Å². The summed E-state index contributed by atoms with van der Waals surface area (Å²) in [7, 11) is 1.17. The molecule has 0 fully saturated rings. The number of halogens is 3. The lowest BCUT2D eigenvalue weighted by atomic mass is 10.2. The number of nitrogens with zero attached hydrogens (tertiary/aromatic N) is 1. The molecule has 1 amide bonds. The second kappa shape index (κ2) is 5.48. The molecule has 0 aliphatic rings. The number of pyridine rings is 1. The van der Waals surface area contributed by atoms with Crippen LogP contribution in [0.1, 0.15) is 16.1 Å². The van der Waals surface area contributed by atoms with Crippen molar-refractivity contribution in [3.63, 3.8) is 0 Å². The Hall–Kier alpha value is -2.12. The highest BCUT2D eigenvalue weighted by molar-refractivity contribution is 5.89. The van der Waals surface area contributed by atoms with Gasteiger partial charge in [-0.15, -0.1) is 0 Å². The molecule has 18 heavy (non-hydrogen) atoms. The average molecular weight is 262 g/mol. The number of ether oxygens (including phenoxy) is 1. The highest BCUT2D eigenvalue weighted by Crippen LogP contribution is 2.14. The van der Waals surface area contributed by atoms with Gasteiger partial charge in [-0.25, -0.2) is 4.79 Å². The number of methoxy groups -OCH3 is 1. The van der Waals surface area contributed by atoms with Crippen molar-refractivity contribution in [1.29, 1.82) is 0 Å². The van der Waals surface area contributed by atoms with Crippen molar-refractivity contribution in [3.05, 3.63) is 29.6 Å². The summed E-state index contributed by atoms with van der Waals surface area (Å²) in [5.74, 6) is -2.70. The van der Waals surface area contributed by atoms with Crippen LogP contribution in [0.15, 0.2) is 18.3 Å². The van der Waals surface area contributed by atoms with Gasteiger partial charge < -0.3 is 10.1 Å². The van der Waals surface area contributed by atoms with Gasteiger partial charge in [0.25, 0.3) is 0 Å². The summed E-state index contributed by atoms with van der Waals surface area (Å²) in [4.78, 5) is 25.4. The maximum atomic E-state index is 11.9. The van der Waals surface area contributed by atoms with E-state index in [9.17, 15) is 22.8 Å². The largest absolute Gasteiger partial charge is 0.471 e. The maximum absolute atomic E-state index is 11.9. The van der Waals surface area contributed by atoms with E-state index < -0.39 is 24.6 Å². The molecule has 1 aromatic rings. The number of nitrogens with one attached hydrogen (secondary N) is 1. The number of rotatable bonds is 3. The van der Waals surface area contributed by atoms with Gasteiger partial charge in [-0.3, -0.25) is 9.78 Å². The quantitative estimate of drug-likeness (QED) is 0.826. The lowest BCUT2D eigenvalue weighted by Crippen LogP contribution is -2.36. The number of esters is 1. The molecule has 0 aliphatic heterocycles. The third-order valence-electron chi connectivity index (χ3n) is 1.93.